The molecule has 2 aliphatic rings. The average Bonchev–Trinajstić information content (AvgIpc) is 2.48. The Kier molecular flexibility index (Phi) is 3.55. The summed E-state index contributed by atoms with van der Waals surface area (Å²) >= 11 is 0. The number of hydrogen-bond donors (Lipinski definition) is 2. The summed E-state index contributed by atoms with van der Waals surface area (Å²) in [5.74, 6) is 0.471. The number of para-hydroxylation sites is 1. The molecule has 2 heterocycles. The number of rotatable bonds is 1. The molecule has 2 aliphatic heterocycles. The molecule has 0 aliphatic carbocycles. The summed E-state index contributed by atoms with van der Waals surface area (Å²) in [6.45, 7) is 3.30. The van der Waals surface area contributed by atoms with Crippen LogP contribution < -0.4 is 15.8 Å². The topological polar surface area (TPSA) is 84.7 Å². The van der Waals surface area contributed by atoms with Crippen LogP contribution in [0.5, 0.6) is 5.75 Å². The highest BCUT2D eigenvalue weighted by Crippen LogP contribution is 2.33. The van der Waals surface area contributed by atoms with Crippen molar-refractivity contribution >= 4 is 17.5 Å². The van der Waals surface area contributed by atoms with Crippen molar-refractivity contribution in [2.75, 3.05) is 25.0 Å². The molecule has 3 rings (SSSR count). The van der Waals surface area contributed by atoms with Crippen molar-refractivity contribution in [3.8, 4) is 5.75 Å². The Balaban J connectivity index is 1.85. The summed E-state index contributed by atoms with van der Waals surface area (Å²) in [6, 6.07) is 5.37. The molecule has 1 aromatic rings. The molecular weight excluding hydrogens is 270 g/mol. The maximum absolute atomic E-state index is 12.7. The molecule has 1 fully saturated rings. The second-order valence-electron chi connectivity index (χ2n) is 5.70. The van der Waals surface area contributed by atoms with Gasteiger partial charge in [0.15, 0.2) is 12.4 Å². The fourth-order valence-corrected chi connectivity index (χ4v) is 2.80. The third-order valence-corrected chi connectivity index (χ3v) is 4.13. The number of fused-ring (bicyclic) bond motifs is 1. The second-order valence-corrected chi connectivity index (χ2v) is 5.70. The lowest BCUT2D eigenvalue weighted by Crippen LogP contribution is -2.48. The number of carbonyl (C=O) groups excluding carboxylic acids is 2. The van der Waals surface area contributed by atoms with E-state index in [-0.39, 0.29) is 30.4 Å². The number of amides is 2. The number of nitrogens with one attached hydrogen (secondary N) is 1. The maximum Gasteiger partial charge on any atom is 0.262 e. The minimum Gasteiger partial charge on any atom is -0.481 e. The highest BCUT2D eigenvalue weighted by molar-refractivity contribution is 6.03. The van der Waals surface area contributed by atoms with Gasteiger partial charge in [-0.3, -0.25) is 9.59 Å². The molecule has 0 bridgehead atoms. The van der Waals surface area contributed by atoms with Gasteiger partial charge in [0.1, 0.15) is 0 Å². The van der Waals surface area contributed by atoms with Gasteiger partial charge in [-0.25, -0.2) is 0 Å². The molecule has 0 spiro atoms. The monoisotopic (exact) mass is 289 g/mol. The van der Waals surface area contributed by atoms with Crippen molar-refractivity contribution in [1.82, 2.24) is 4.90 Å². The normalized spacial score (nSPS) is 24.9. The van der Waals surface area contributed by atoms with Crippen LogP contribution in [0, 0.1) is 5.92 Å². The number of benzene rings is 1. The van der Waals surface area contributed by atoms with Crippen molar-refractivity contribution in [3.05, 3.63) is 23.8 Å². The van der Waals surface area contributed by atoms with Gasteiger partial charge in [0.05, 0.1) is 11.3 Å². The van der Waals surface area contributed by atoms with Gasteiger partial charge in [-0.05, 0) is 24.5 Å². The lowest BCUT2D eigenvalue weighted by molar-refractivity contribution is -0.118. The maximum atomic E-state index is 12.7. The smallest absolute Gasteiger partial charge is 0.262 e. The van der Waals surface area contributed by atoms with Gasteiger partial charge in [0.25, 0.3) is 11.8 Å². The fourth-order valence-electron chi connectivity index (χ4n) is 2.80. The summed E-state index contributed by atoms with van der Waals surface area (Å²) in [7, 11) is 0. The molecule has 1 saturated heterocycles. The first-order valence-electron chi connectivity index (χ1n) is 7.17. The molecule has 112 valence electrons. The van der Waals surface area contributed by atoms with Gasteiger partial charge in [-0.2, -0.15) is 0 Å². The largest absolute Gasteiger partial charge is 0.481 e. The number of carbonyl (C=O) groups is 2. The van der Waals surface area contributed by atoms with Gasteiger partial charge in [-0.1, -0.05) is 13.0 Å². The average molecular weight is 289 g/mol. The molecule has 6 nitrogen and oxygen atoms in total. The number of hydrogen-bond acceptors (Lipinski definition) is 4. The molecule has 21 heavy (non-hydrogen) atoms. The summed E-state index contributed by atoms with van der Waals surface area (Å²) < 4.78 is 5.44. The van der Waals surface area contributed by atoms with Crippen LogP contribution in [-0.4, -0.2) is 42.5 Å². The molecule has 2 unspecified atom stereocenters. The quantitative estimate of drug-likeness (QED) is 0.802. The van der Waals surface area contributed by atoms with E-state index in [4.69, 9.17) is 10.5 Å². The Morgan fingerprint density at radius 2 is 2.29 bits per heavy atom. The van der Waals surface area contributed by atoms with E-state index in [2.05, 4.69) is 12.2 Å². The highest BCUT2D eigenvalue weighted by atomic mass is 16.5. The molecule has 0 aromatic heterocycles. The first kappa shape index (κ1) is 13.9. The Morgan fingerprint density at radius 3 is 3.05 bits per heavy atom. The van der Waals surface area contributed by atoms with Crippen molar-refractivity contribution in [1.29, 1.82) is 0 Å². The van der Waals surface area contributed by atoms with E-state index < -0.39 is 0 Å². The zero-order valence-electron chi connectivity index (χ0n) is 12.0. The summed E-state index contributed by atoms with van der Waals surface area (Å²) in [5.41, 5.74) is 7.05. The predicted octanol–water partition coefficient (Wildman–Crippen LogP) is 0.827. The Bertz CT molecular complexity index is 588. The van der Waals surface area contributed by atoms with Gasteiger partial charge in [-0.15, -0.1) is 0 Å². The van der Waals surface area contributed by atoms with E-state index in [1.807, 2.05) is 4.90 Å². The standard InChI is InChI=1S/C15H19N3O3/c1-9-7-18(6-5-11(9)16)15(20)10-3-2-4-12-14(10)21-8-13(19)17-12/h2-4,9,11H,5-8,16H2,1H3,(H,17,19). The fraction of sp³-hybridized carbons (Fsp3) is 0.467. The van der Waals surface area contributed by atoms with Gasteiger partial charge < -0.3 is 20.7 Å². The number of nitrogens with zero attached hydrogens (tertiary/aromatic N) is 1. The zero-order chi connectivity index (χ0) is 15.0. The van der Waals surface area contributed by atoms with Gasteiger partial charge >= 0.3 is 0 Å². The lowest BCUT2D eigenvalue weighted by atomic mass is 9.94. The third kappa shape index (κ3) is 2.58. The third-order valence-electron chi connectivity index (χ3n) is 4.13. The summed E-state index contributed by atoms with van der Waals surface area (Å²) in [6.07, 6.45) is 0.805. The minimum atomic E-state index is -0.204. The zero-order valence-corrected chi connectivity index (χ0v) is 12.0. The predicted molar refractivity (Wildman–Crippen MR) is 78.2 cm³/mol. The van der Waals surface area contributed by atoms with Gasteiger partial charge in [0.2, 0.25) is 0 Å². The van der Waals surface area contributed by atoms with Crippen LogP contribution in [0.3, 0.4) is 0 Å². The van der Waals surface area contributed by atoms with Crippen molar-refractivity contribution in [3.63, 3.8) is 0 Å². The van der Waals surface area contributed by atoms with E-state index in [0.29, 0.717) is 30.1 Å². The van der Waals surface area contributed by atoms with Crippen LogP contribution in [0.15, 0.2) is 18.2 Å². The first-order chi connectivity index (χ1) is 10.1. The van der Waals surface area contributed by atoms with Crippen molar-refractivity contribution in [2.24, 2.45) is 11.7 Å². The molecule has 3 N–H and O–H groups in total. The second kappa shape index (κ2) is 5.37. The van der Waals surface area contributed by atoms with Crippen LogP contribution in [0.1, 0.15) is 23.7 Å². The Hall–Kier alpha value is -2.08. The first-order valence-corrected chi connectivity index (χ1v) is 7.17. The van der Waals surface area contributed by atoms with Crippen LogP contribution in [-0.2, 0) is 4.79 Å². The molecule has 2 amide bonds. The van der Waals surface area contributed by atoms with Gasteiger partial charge in [0, 0.05) is 19.1 Å². The van der Waals surface area contributed by atoms with E-state index >= 15 is 0 Å². The number of ether oxygens (including phenoxy) is 1. The van der Waals surface area contributed by atoms with E-state index in [1.165, 1.54) is 0 Å². The molecule has 0 saturated carbocycles. The molecular formula is C15H19N3O3. The van der Waals surface area contributed by atoms with Crippen molar-refractivity contribution in [2.45, 2.75) is 19.4 Å². The van der Waals surface area contributed by atoms with E-state index in [0.717, 1.165) is 6.42 Å². The number of piperidine rings is 1. The Morgan fingerprint density at radius 1 is 1.48 bits per heavy atom. The number of anilines is 1. The van der Waals surface area contributed by atoms with E-state index in [9.17, 15) is 9.59 Å². The molecule has 2 atom stereocenters. The van der Waals surface area contributed by atoms with Crippen molar-refractivity contribution < 1.29 is 14.3 Å². The highest BCUT2D eigenvalue weighted by Gasteiger charge is 2.30. The summed E-state index contributed by atoms with van der Waals surface area (Å²) in [4.78, 5) is 25.8. The number of nitrogens with two attached hydrogens (primary N) is 1. The van der Waals surface area contributed by atoms with Crippen LogP contribution >= 0.6 is 0 Å². The molecule has 0 radical (unpaired) electrons. The molecule has 1 aromatic carbocycles. The SMILES string of the molecule is CC1CN(C(=O)c2cccc3c2OCC(=O)N3)CCC1N. The van der Waals surface area contributed by atoms with Crippen LogP contribution in [0.2, 0.25) is 0 Å². The molecule has 6 heteroatoms. The van der Waals surface area contributed by atoms with Crippen LogP contribution in [0.25, 0.3) is 0 Å². The Labute approximate surface area is 123 Å². The summed E-state index contributed by atoms with van der Waals surface area (Å²) in [5, 5.41) is 2.72. The number of likely N-dealkylation sites (tertiary alicyclic amines) is 1. The van der Waals surface area contributed by atoms with E-state index in [1.54, 1.807) is 18.2 Å². The lowest BCUT2D eigenvalue weighted by Gasteiger charge is -2.35. The van der Waals surface area contributed by atoms with Crippen LogP contribution in [0.4, 0.5) is 5.69 Å². The minimum absolute atomic E-state index is 0.0570.